The van der Waals surface area contributed by atoms with Gasteiger partial charge in [-0.25, -0.2) is 9.59 Å². The molecule has 0 aromatic carbocycles. The molecule has 0 radical (unpaired) electrons. The summed E-state index contributed by atoms with van der Waals surface area (Å²) in [4.78, 5) is 37.1. The quantitative estimate of drug-likeness (QED) is 0.589. The average Bonchev–Trinajstić information content (AvgIpc) is 2.34. The van der Waals surface area contributed by atoms with Gasteiger partial charge in [-0.1, -0.05) is 0 Å². The maximum atomic E-state index is 12.3. The summed E-state index contributed by atoms with van der Waals surface area (Å²) in [5, 5.41) is 20.4. The molecule has 0 aromatic heterocycles. The fourth-order valence-electron chi connectivity index (χ4n) is 1.91. The zero-order chi connectivity index (χ0) is 14.6. The molecule has 1 atom stereocenters. The smallest absolute Gasteiger partial charge is 0.328 e. The van der Waals surface area contributed by atoms with E-state index in [1.807, 2.05) is 0 Å². The maximum Gasteiger partial charge on any atom is 0.328 e. The Morgan fingerprint density at radius 1 is 1.53 bits per heavy atom. The van der Waals surface area contributed by atoms with Gasteiger partial charge in [0.1, 0.15) is 12.6 Å². The van der Waals surface area contributed by atoms with Crippen molar-refractivity contribution in [1.82, 2.24) is 15.1 Å². The molecule has 0 spiro atoms. The van der Waals surface area contributed by atoms with Crippen molar-refractivity contribution in [2.75, 3.05) is 26.2 Å². The first-order chi connectivity index (χ1) is 8.88. The number of piperazine rings is 1. The molecule has 1 unspecified atom stereocenters. The summed E-state index contributed by atoms with van der Waals surface area (Å²) in [5.41, 5.74) is 0. The molecule has 8 nitrogen and oxygen atoms in total. The highest BCUT2D eigenvalue weighted by Gasteiger charge is 2.37. The molecule has 1 aliphatic rings. The molecule has 1 rings (SSSR count). The van der Waals surface area contributed by atoms with Crippen molar-refractivity contribution in [2.24, 2.45) is 0 Å². The highest BCUT2D eigenvalue weighted by molar-refractivity contribution is 5.90. The Morgan fingerprint density at radius 2 is 2.16 bits per heavy atom. The van der Waals surface area contributed by atoms with Gasteiger partial charge in [-0.3, -0.25) is 9.69 Å². The summed E-state index contributed by atoms with van der Waals surface area (Å²) in [7, 11) is 0. The van der Waals surface area contributed by atoms with Gasteiger partial charge in [0, 0.05) is 19.1 Å². The molecule has 3 N–H and O–H groups in total. The summed E-state index contributed by atoms with van der Waals surface area (Å²) in [6, 6.07) is -1.82. The van der Waals surface area contributed by atoms with Crippen LogP contribution in [0, 0.1) is 0 Å². The van der Waals surface area contributed by atoms with E-state index in [1.54, 1.807) is 13.8 Å². The van der Waals surface area contributed by atoms with Gasteiger partial charge in [0.05, 0.1) is 6.61 Å². The molecule has 0 saturated carbocycles. The molecule has 0 aliphatic carbocycles. The van der Waals surface area contributed by atoms with Crippen LogP contribution in [0.1, 0.15) is 13.8 Å². The van der Waals surface area contributed by atoms with E-state index in [4.69, 9.17) is 10.2 Å². The number of nitrogens with zero attached hydrogens (tertiary/aromatic N) is 2. The Labute approximate surface area is 111 Å². The average molecular weight is 273 g/mol. The molecular formula is C11H19N3O5. The van der Waals surface area contributed by atoms with E-state index in [0.717, 1.165) is 4.90 Å². The van der Waals surface area contributed by atoms with Crippen molar-refractivity contribution < 1.29 is 24.6 Å². The van der Waals surface area contributed by atoms with E-state index in [0.29, 0.717) is 0 Å². The number of carbonyl (C=O) groups is 3. The first kappa shape index (κ1) is 15.2. The number of aliphatic hydroxyl groups excluding tert-OH is 1. The lowest BCUT2D eigenvalue weighted by Gasteiger charge is -2.37. The third-order valence-electron chi connectivity index (χ3n) is 2.92. The van der Waals surface area contributed by atoms with Gasteiger partial charge in [-0.05, 0) is 13.8 Å². The lowest BCUT2D eigenvalue weighted by Crippen LogP contribution is -2.62. The molecule has 108 valence electrons. The third-order valence-corrected chi connectivity index (χ3v) is 2.92. The number of aliphatic hydroxyl groups is 1. The lowest BCUT2D eigenvalue weighted by molar-refractivity contribution is -0.144. The molecule has 0 bridgehead atoms. The minimum absolute atomic E-state index is 0.0982. The Kier molecular flexibility index (Phi) is 5.11. The fraction of sp³-hybridized carbons (Fsp3) is 0.727. The number of carbonyl (C=O) groups excluding carboxylic acids is 2. The first-order valence-corrected chi connectivity index (χ1v) is 6.06. The number of amides is 3. The van der Waals surface area contributed by atoms with Crippen LogP contribution in [0.4, 0.5) is 4.79 Å². The Morgan fingerprint density at radius 3 is 2.63 bits per heavy atom. The number of carboxylic acids is 1. The number of hydrogen-bond donors (Lipinski definition) is 3. The van der Waals surface area contributed by atoms with Crippen LogP contribution < -0.4 is 5.32 Å². The van der Waals surface area contributed by atoms with Crippen molar-refractivity contribution in [3.05, 3.63) is 0 Å². The largest absolute Gasteiger partial charge is 0.480 e. The van der Waals surface area contributed by atoms with Crippen LogP contribution >= 0.6 is 0 Å². The number of nitrogens with one attached hydrogen (secondary N) is 1. The summed E-state index contributed by atoms with van der Waals surface area (Å²) in [5.74, 6) is -1.56. The van der Waals surface area contributed by atoms with E-state index in [-0.39, 0.29) is 32.3 Å². The molecule has 1 aliphatic heterocycles. The Bertz CT molecular complexity index is 371. The zero-order valence-electron chi connectivity index (χ0n) is 11.0. The minimum atomic E-state index is -1.17. The fourth-order valence-corrected chi connectivity index (χ4v) is 1.91. The van der Waals surface area contributed by atoms with Crippen molar-refractivity contribution >= 4 is 17.9 Å². The van der Waals surface area contributed by atoms with Gasteiger partial charge in [-0.15, -0.1) is 0 Å². The van der Waals surface area contributed by atoms with Crippen LogP contribution in [-0.2, 0) is 9.59 Å². The SMILES string of the molecule is CC(C)N(CCO)C(=O)N1CC(=O)NCC1C(=O)O. The second-order valence-electron chi connectivity index (χ2n) is 4.58. The van der Waals surface area contributed by atoms with E-state index in [1.165, 1.54) is 4.90 Å². The standard InChI is InChI=1S/C11H19N3O5/c1-7(2)13(3-4-15)11(19)14-6-9(16)12-5-8(14)10(17)18/h7-8,15H,3-6H2,1-2H3,(H,12,16)(H,17,18). The monoisotopic (exact) mass is 273 g/mol. The summed E-state index contributed by atoms with van der Waals surface area (Å²) < 4.78 is 0. The Hall–Kier alpha value is -1.83. The van der Waals surface area contributed by atoms with Crippen molar-refractivity contribution in [1.29, 1.82) is 0 Å². The number of urea groups is 1. The van der Waals surface area contributed by atoms with Crippen LogP contribution in [0.2, 0.25) is 0 Å². The lowest BCUT2D eigenvalue weighted by atomic mass is 10.2. The first-order valence-electron chi connectivity index (χ1n) is 6.06. The van der Waals surface area contributed by atoms with E-state index >= 15 is 0 Å². The predicted octanol–water partition coefficient (Wildman–Crippen LogP) is -1.31. The van der Waals surface area contributed by atoms with Crippen LogP contribution in [0.3, 0.4) is 0 Å². The molecule has 1 fully saturated rings. The predicted molar refractivity (Wildman–Crippen MR) is 65.5 cm³/mol. The highest BCUT2D eigenvalue weighted by atomic mass is 16.4. The van der Waals surface area contributed by atoms with E-state index < -0.39 is 23.9 Å². The molecule has 1 heterocycles. The minimum Gasteiger partial charge on any atom is -0.480 e. The Balaban J connectivity index is 2.90. The van der Waals surface area contributed by atoms with E-state index in [2.05, 4.69) is 5.32 Å². The highest BCUT2D eigenvalue weighted by Crippen LogP contribution is 2.11. The molecule has 3 amide bonds. The second kappa shape index (κ2) is 6.37. The molecule has 1 saturated heterocycles. The van der Waals surface area contributed by atoms with Crippen LogP contribution in [0.5, 0.6) is 0 Å². The maximum absolute atomic E-state index is 12.3. The molecule has 19 heavy (non-hydrogen) atoms. The topological polar surface area (TPSA) is 110 Å². The number of rotatable bonds is 4. The van der Waals surface area contributed by atoms with Crippen LogP contribution in [0.25, 0.3) is 0 Å². The van der Waals surface area contributed by atoms with Gasteiger partial charge >= 0.3 is 12.0 Å². The van der Waals surface area contributed by atoms with Gasteiger partial charge in [0.2, 0.25) is 5.91 Å². The third kappa shape index (κ3) is 3.57. The normalized spacial score (nSPS) is 19.3. The summed E-state index contributed by atoms with van der Waals surface area (Å²) in [6.07, 6.45) is 0. The van der Waals surface area contributed by atoms with Gasteiger partial charge in [-0.2, -0.15) is 0 Å². The number of hydrogen-bond acceptors (Lipinski definition) is 4. The van der Waals surface area contributed by atoms with Crippen molar-refractivity contribution in [3.63, 3.8) is 0 Å². The van der Waals surface area contributed by atoms with Gasteiger partial charge in [0.15, 0.2) is 0 Å². The molecule has 0 aromatic rings. The van der Waals surface area contributed by atoms with Crippen molar-refractivity contribution in [3.8, 4) is 0 Å². The summed E-state index contributed by atoms with van der Waals surface area (Å²) in [6.45, 7) is 3.00. The van der Waals surface area contributed by atoms with E-state index in [9.17, 15) is 14.4 Å². The van der Waals surface area contributed by atoms with Gasteiger partial charge < -0.3 is 20.4 Å². The van der Waals surface area contributed by atoms with Crippen LogP contribution in [-0.4, -0.2) is 76.2 Å². The van der Waals surface area contributed by atoms with Crippen molar-refractivity contribution in [2.45, 2.75) is 25.9 Å². The zero-order valence-corrected chi connectivity index (χ0v) is 11.0. The molecule has 8 heteroatoms. The number of aliphatic carboxylic acids is 1. The second-order valence-corrected chi connectivity index (χ2v) is 4.58. The summed E-state index contributed by atoms with van der Waals surface area (Å²) >= 11 is 0. The van der Waals surface area contributed by atoms with Gasteiger partial charge in [0.25, 0.3) is 0 Å². The molecular weight excluding hydrogens is 254 g/mol. The number of carboxylic acid groups (broad SMARTS) is 1. The van der Waals surface area contributed by atoms with Crippen LogP contribution in [0.15, 0.2) is 0 Å².